The lowest BCUT2D eigenvalue weighted by atomic mass is 10.0. The molecule has 1 aromatic carbocycles. The Bertz CT molecular complexity index is 531. The normalized spacial score (nSPS) is 13.5. The average molecular weight is 203 g/mol. The summed E-state index contributed by atoms with van der Waals surface area (Å²) in [7, 11) is 0. The highest BCUT2D eigenvalue weighted by Gasteiger charge is 2.21. The first kappa shape index (κ1) is 8.59. The second-order valence-electron chi connectivity index (χ2n) is 3.75. The number of aromatic nitrogens is 3. The van der Waals surface area contributed by atoms with Crippen molar-refractivity contribution in [3.8, 4) is 5.69 Å². The topological polar surface area (TPSA) is 30.7 Å². The molecule has 0 aliphatic carbocycles. The summed E-state index contributed by atoms with van der Waals surface area (Å²) in [4.78, 5) is 0. The summed E-state index contributed by atoms with van der Waals surface area (Å²) in [5.41, 5.74) is 1.66. The number of aryl methyl sites for hydroxylation is 3. The number of rotatable bonds is 0. The largest absolute Gasteiger partial charge is 0.280 e. The molecule has 3 nitrogen and oxygen atoms in total. The van der Waals surface area contributed by atoms with Gasteiger partial charge in [-0.15, -0.1) is 10.2 Å². The molecular formula is C11H10FN3. The third-order valence-corrected chi connectivity index (χ3v) is 2.80. The number of halogens is 1. The number of nitrogens with zero attached hydrogens (tertiary/aromatic N) is 3. The van der Waals surface area contributed by atoms with Crippen LogP contribution >= 0.6 is 0 Å². The lowest BCUT2D eigenvalue weighted by Crippen LogP contribution is -2.15. The molecule has 3 rings (SSSR count). The van der Waals surface area contributed by atoms with Gasteiger partial charge in [-0.3, -0.25) is 4.57 Å². The van der Waals surface area contributed by atoms with Gasteiger partial charge in [0.1, 0.15) is 17.5 Å². The zero-order valence-corrected chi connectivity index (χ0v) is 8.37. The maximum absolute atomic E-state index is 13.7. The highest BCUT2D eigenvalue weighted by atomic mass is 19.1. The van der Waals surface area contributed by atoms with Crippen LogP contribution in [0.15, 0.2) is 18.2 Å². The Labute approximate surface area is 86.6 Å². The Kier molecular flexibility index (Phi) is 1.65. The van der Waals surface area contributed by atoms with E-state index in [-0.39, 0.29) is 5.82 Å². The lowest BCUT2D eigenvalue weighted by molar-refractivity contribution is 0.601. The molecule has 2 aromatic rings. The van der Waals surface area contributed by atoms with Crippen molar-refractivity contribution in [1.29, 1.82) is 0 Å². The fourth-order valence-corrected chi connectivity index (χ4v) is 2.12. The quantitative estimate of drug-likeness (QED) is 0.653. The van der Waals surface area contributed by atoms with Gasteiger partial charge in [0.25, 0.3) is 0 Å². The summed E-state index contributed by atoms with van der Waals surface area (Å²) in [6.45, 7) is 1.85. The van der Waals surface area contributed by atoms with Gasteiger partial charge in [0.05, 0.1) is 5.69 Å². The van der Waals surface area contributed by atoms with Crippen LogP contribution < -0.4 is 0 Å². The summed E-state index contributed by atoms with van der Waals surface area (Å²) >= 11 is 0. The summed E-state index contributed by atoms with van der Waals surface area (Å²) in [5.74, 6) is 1.40. The minimum Gasteiger partial charge on any atom is -0.280 e. The van der Waals surface area contributed by atoms with Gasteiger partial charge in [-0.25, -0.2) is 4.39 Å². The monoisotopic (exact) mass is 203 g/mol. The van der Waals surface area contributed by atoms with E-state index in [9.17, 15) is 4.39 Å². The van der Waals surface area contributed by atoms with Gasteiger partial charge in [0.2, 0.25) is 0 Å². The van der Waals surface area contributed by atoms with E-state index in [0.29, 0.717) is 5.69 Å². The molecule has 1 aromatic heterocycles. The first-order chi connectivity index (χ1) is 7.27. The summed E-state index contributed by atoms with van der Waals surface area (Å²) < 4.78 is 15.5. The third-order valence-electron chi connectivity index (χ3n) is 2.80. The zero-order valence-electron chi connectivity index (χ0n) is 8.37. The number of para-hydroxylation sites is 1. The molecule has 0 atom stereocenters. The van der Waals surface area contributed by atoms with Gasteiger partial charge >= 0.3 is 0 Å². The SMILES string of the molecule is Cc1nnc2n1-c1c(F)cccc1CC2. The van der Waals surface area contributed by atoms with E-state index in [1.807, 2.05) is 17.6 Å². The maximum atomic E-state index is 13.7. The molecule has 76 valence electrons. The van der Waals surface area contributed by atoms with Crippen LogP contribution in [0.1, 0.15) is 17.2 Å². The Morgan fingerprint density at radius 3 is 3.00 bits per heavy atom. The van der Waals surface area contributed by atoms with E-state index < -0.39 is 0 Å². The number of hydrogen-bond donors (Lipinski definition) is 0. The average Bonchev–Trinajstić information content (AvgIpc) is 2.61. The first-order valence-corrected chi connectivity index (χ1v) is 4.96. The number of benzene rings is 1. The predicted octanol–water partition coefficient (Wildman–Crippen LogP) is 1.81. The molecule has 0 amide bonds. The van der Waals surface area contributed by atoms with Crippen molar-refractivity contribution in [2.45, 2.75) is 19.8 Å². The molecule has 0 unspecified atom stereocenters. The van der Waals surface area contributed by atoms with E-state index >= 15 is 0 Å². The van der Waals surface area contributed by atoms with Gasteiger partial charge < -0.3 is 0 Å². The minimum absolute atomic E-state index is 0.198. The minimum atomic E-state index is -0.198. The Morgan fingerprint density at radius 2 is 2.13 bits per heavy atom. The van der Waals surface area contributed by atoms with Gasteiger partial charge in [-0.1, -0.05) is 12.1 Å². The van der Waals surface area contributed by atoms with Crippen molar-refractivity contribution in [2.75, 3.05) is 0 Å². The number of hydrogen-bond acceptors (Lipinski definition) is 2. The standard InChI is InChI=1S/C11H10FN3/c1-7-13-14-10-6-5-8-3-2-4-9(12)11(8)15(7)10/h2-4H,5-6H2,1H3. The van der Waals surface area contributed by atoms with Crippen LogP contribution in [0.3, 0.4) is 0 Å². The van der Waals surface area contributed by atoms with E-state index in [1.165, 1.54) is 6.07 Å². The molecule has 0 fully saturated rings. The second kappa shape index (κ2) is 2.89. The molecule has 0 N–H and O–H groups in total. The molecule has 1 aliphatic heterocycles. The second-order valence-corrected chi connectivity index (χ2v) is 3.75. The van der Waals surface area contributed by atoms with Gasteiger partial charge in [-0.2, -0.15) is 0 Å². The van der Waals surface area contributed by atoms with Crippen molar-refractivity contribution in [3.63, 3.8) is 0 Å². The van der Waals surface area contributed by atoms with Crippen molar-refractivity contribution in [2.24, 2.45) is 0 Å². The molecule has 15 heavy (non-hydrogen) atoms. The Morgan fingerprint density at radius 1 is 1.27 bits per heavy atom. The smallest absolute Gasteiger partial charge is 0.147 e. The lowest BCUT2D eigenvalue weighted by Gasteiger charge is -2.18. The van der Waals surface area contributed by atoms with Crippen LogP contribution in [0.2, 0.25) is 0 Å². The van der Waals surface area contributed by atoms with Gasteiger partial charge in [0, 0.05) is 6.42 Å². The molecule has 0 saturated carbocycles. The van der Waals surface area contributed by atoms with E-state index in [4.69, 9.17) is 0 Å². The maximum Gasteiger partial charge on any atom is 0.147 e. The fraction of sp³-hybridized carbons (Fsp3) is 0.273. The molecular weight excluding hydrogens is 193 g/mol. The van der Waals surface area contributed by atoms with Crippen LogP contribution in [0.5, 0.6) is 0 Å². The number of fused-ring (bicyclic) bond motifs is 3. The van der Waals surface area contributed by atoms with E-state index in [0.717, 1.165) is 30.1 Å². The zero-order chi connectivity index (χ0) is 10.4. The Hall–Kier alpha value is -1.71. The molecule has 0 bridgehead atoms. The van der Waals surface area contributed by atoms with E-state index in [1.54, 1.807) is 6.07 Å². The summed E-state index contributed by atoms with van der Waals surface area (Å²) in [6, 6.07) is 5.19. The van der Waals surface area contributed by atoms with Crippen LogP contribution in [0.25, 0.3) is 5.69 Å². The highest BCUT2D eigenvalue weighted by molar-refractivity contribution is 5.46. The third kappa shape index (κ3) is 1.11. The first-order valence-electron chi connectivity index (χ1n) is 4.96. The molecule has 2 heterocycles. The van der Waals surface area contributed by atoms with Gasteiger partial charge in [-0.05, 0) is 25.0 Å². The van der Waals surface area contributed by atoms with Crippen LogP contribution in [-0.2, 0) is 12.8 Å². The van der Waals surface area contributed by atoms with Crippen molar-refractivity contribution >= 4 is 0 Å². The van der Waals surface area contributed by atoms with Crippen molar-refractivity contribution in [3.05, 3.63) is 41.2 Å². The fourth-order valence-electron chi connectivity index (χ4n) is 2.12. The van der Waals surface area contributed by atoms with Crippen LogP contribution in [0, 0.1) is 12.7 Å². The van der Waals surface area contributed by atoms with Gasteiger partial charge in [0.15, 0.2) is 0 Å². The molecule has 0 radical (unpaired) electrons. The molecule has 0 spiro atoms. The van der Waals surface area contributed by atoms with E-state index in [2.05, 4.69) is 10.2 Å². The van der Waals surface area contributed by atoms with Crippen LogP contribution in [0.4, 0.5) is 4.39 Å². The van der Waals surface area contributed by atoms with Crippen LogP contribution in [-0.4, -0.2) is 14.8 Å². The summed E-state index contributed by atoms with van der Waals surface area (Å²) in [6.07, 6.45) is 1.67. The highest BCUT2D eigenvalue weighted by Crippen LogP contribution is 2.26. The summed E-state index contributed by atoms with van der Waals surface area (Å²) in [5, 5.41) is 8.03. The Balaban J connectivity index is 2.36. The van der Waals surface area contributed by atoms with Crippen molar-refractivity contribution < 1.29 is 4.39 Å². The molecule has 4 heteroatoms. The predicted molar refractivity (Wildman–Crippen MR) is 53.5 cm³/mol. The van der Waals surface area contributed by atoms with Crippen molar-refractivity contribution in [1.82, 2.24) is 14.8 Å². The molecule has 0 saturated heterocycles. The molecule has 1 aliphatic rings.